The summed E-state index contributed by atoms with van der Waals surface area (Å²) in [6, 6.07) is -0.511. The topological polar surface area (TPSA) is 127 Å². The third-order valence-electron chi connectivity index (χ3n) is 2.72. The van der Waals surface area contributed by atoms with E-state index in [0.717, 1.165) is 6.20 Å². The van der Waals surface area contributed by atoms with Gasteiger partial charge in [-0.25, -0.2) is 4.98 Å². The van der Waals surface area contributed by atoms with Crippen LogP contribution in [0.5, 0.6) is 0 Å². The molecule has 96 valence electrons. The molecule has 1 unspecified atom stereocenters. The van der Waals surface area contributed by atoms with Gasteiger partial charge >= 0.3 is 5.69 Å². The van der Waals surface area contributed by atoms with Gasteiger partial charge in [0.05, 0.1) is 4.92 Å². The van der Waals surface area contributed by atoms with Gasteiger partial charge in [-0.15, -0.1) is 0 Å². The lowest BCUT2D eigenvalue weighted by Gasteiger charge is -2.12. The molecule has 2 rings (SSSR count). The zero-order chi connectivity index (χ0) is 13.3. The Kier molecular flexibility index (Phi) is 2.96. The molecule has 0 spiro atoms. The third-order valence-corrected chi connectivity index (χ3v) is 2.72. The highest BCUT2D eigenvalue weighted by Gasteiger charge is 2.31. The molecule has 0 aromatic carbocycles. The van der Waals surface area contributed by atoms with Crippen molar-refractivity contribution in [2.75, 3.05) is 24.6 Å². The molecule has 2 heterocycles. The van der Waals surface area contributed by atoms with Gasteiger partial charge in [0.2, 0.25) is 17.7 Å². The maximum atomic E-state index is 11.7. The quantitative estimate of drug-likeness (QED) is 0.553. The number of hydrogen-bond acceptors (Lipinski definition) is 7. The van der Waals surface area contributed by atoms with E-state index in [-0.39, 0.29) is 23.4 Å². The Morgan fingerprint density at radius 2 is 2.39 bits per heavy atom. The summed E-state index contributed by atoms with van der Waals surface area (Å²) in [6.07, 6.45) is 1.59. The molecule has 0 radical (unpaired) electrons. The maximum absolute atomic E-state index is 11.7. The van der Waals surface area contributed by atoms with Gasteiger partial charge in [0.25, 0.3) is 0 Å². The highest BCUT2D eigenvalue weighted by molar-refractivity contribution is 5.86. The molecule has 1 saturated heterocycles. The van der Waals surface area contributed by atoms with Crippen LogP contribution < -0.4 is 11.1 Å². The number of carbonyl (C=O) groups excluding carboxylic acids is 1. The molecule has 1 aromatic heterocycles. The first kappa shape index (κ1) is 12.0. The molecule has 1 atom stereocenters. The van der Waals surface area contributed by atoms with Crippen LogP contribution in [0.4, 0.5) is 17.5 Å². The number of nitro groups is 1. The predicted molar refractivity (Wildman–Crippen MR) is 62.8 cm³/mol. The molecule has 9 nitrogen and oxygen atoms in total. The summed E-state index contributed by atoms with van der Waals surface area (Å²) in [6.45, 7) is 0.602. The van der Waals surface area contributed by atoms with E-state index >= 15 is 0 Å². The molecule has 0 saturated carbocycles. The number of nitrogen functional groups attached to an aromatic ring is 1. The summed E-state index contributed by atoms with van der Waals surface area (Å²) in [5, 5.41) is 13.5. The minimum atomic E-state index is -0.620. The van der Waals surface area contributed by atoms with Crippen LogP contribution in [0.25, 0.3) is 0 Å². The van der Waals surface area contributed by atoms with E-state index in [1.54, 1.807) is 11.9 Å². The Balaban J connectivity index is 2.25. The Morgan fingerprint density at radius 3 is 2.94 bits per heavy atom. The lowest BCUT2D eigenvalue weighted by molar-refractivity contribution is -0.384. The Labute approximate surface area is 102 Å². The van der Waals surface area contributed by atoms with Crippen LogP contribution in [0.3, 0.4) is 0 Å². The summed E-state index contributed by atoms with van der Waals surface area (Å²) in [5.74, 6) is -0.232. The number of aromatic nitrogens is 2. The van der Waals surface area contributed by atoms with E-state index in [2.05, 4.69) is 15.3 Å². The van der Waals surface area contributed by atoms with Gasteiger partial charge in [0, 0.05) is 13.6 Å². The second-order valence-corrected chi connectivity index (χ2v) is 3.96. The molecular weight excluding hydrogens is 240 g/mol. The van der Waals surface area contributed by atoms with Gasteiger partial charge in [-0.05, 0) is 6.42 Å². The Hall–Kier alpha value is -2.45. The van der Waals surface area contributed by atoms with Crippen molar-refractivity contribution in [3.63, 3.8) is 0 Å². The predicted octanol–water partition coefficient (Wildman–Crippen LogP) is -0.390. The van der Waals surface area contributed by atoms with E-state index in [1.807, 2.05) is 0 Å². The van der Waals surface area contributed by atoms with E-state index in [9.17, 15) is 14.9 Å². The van der Waals surface area contributed by atoms with Gasteiger partial charge in [0.15, 0.2) is 0 Å². The van der Waals surface area contributed by atoms with Crippen LogP contribution in [0, 0.1) is 10.1 Å². The molecular formula is C9H12N6O3. The highest BCUT2D eigenvalue weighted by Crippen LogP contribution is 2.24. The first-order chi connectivity index (χ1) is 8.49. The maximum Gasteiger partial charge on any atom is 0.329 e. The molecule has 1 fully saturated rings. The number of nitrogens with zero attached hydrogens (tertiary/aromatic N) is 4. The first-order valence-electron chi connectivity index (χ1n) is 5.27. The van der Waals surface area contributed by atoms with Crippen molar-refractivity contribution in [1.29, 1.82) is 0 Å². The van der Waals surface area contributed by atoms with Crippen molar-refractivity contribution in [3.8, 4) is 0 Å². The molecule has 1 aromatic rings. The van der Waals surface area contributed by atoms with Gasteiger partial charge in [-0.1, -0.05) is 0 Å². The van der Waals surface area contributed by atoms with Crippen LogP contribution >= 0.6 is 0 Å². The number of amides is 1. The number of nitrogens with two attached hydrogens (primary N) is 1. The van der Waals surface area contributed by atoms with Crippen molar-refractivity contribution >= 4 is 23.4 Å². The van der Waals surface area contributed by atoms with Gasteiger partial charge in [-0.3, -0.25) is 14.9 Å². The zero-order valence-corrected chi connectivity index (χ0v) is 9.66. The van der Waals surface area contributed by atoms with Crippen LogP contribution in [0.1, 0.15) is 6.42 Å². The van der Waals surface area contributed by atoms with Crippen LogP contribution in [0.2, 0.25) is 0 Å². The molecule has 9 heteroatoms. The Morgan fingerprint density at radius 1 is 1.67 bits per heavy atom. The summed E-state index contributed by atoms with van der Waals surface area (Å²) in [4.78, 5) is 30.7. The van der Waals surface area contributed by atoms with Crippen molar-refractivity contribution in [2.24, 2.45) is 0 Å². The van der Waals surface area contributed by atoms with E-state index < -0.39 is 11.0 Å². The number of nitrogens with one attached hydrogen (secondary N) is 1. The van der Waals surface area contributed by atoms with Crippen LogP contribution in [-0.4, -0.2) is 45.3 Å². The largest absolute Gasteiger partial charge is 0.368 e. The second-order valence-electron chi connectivity index (χ2n) is 3.96. The number of anilines is 2. The molecule has 3 N–H and O–H groups in total. The molecule has 1 amide bonds. The van der Waals surface area contributed by atoms with Gasteiger partial charge in [-0.2, -0.15) is 4.98 Å². The van der Waals surface area contributed by atoms with E-state index in [4.69, 9.17) is 5.73 Å². The van der Waals surface area contributed by atoms with Crippen molar-refractivity contribution < 1.29 is 9.72 Å². The van der Waals surface area contributed by atoms with Crippen molar-refractivity contribution in [2.45, 2.75) is 12.5 Å². The average molecular weight is 252 g/mol. The van der Waals surface area contributed by atoms with Crippen LogP contribution in [-0.2, 0) is 4.79 Å². The summed E-state index contributed by atoms with van der Waals surface area (Å²) >= 11 is 0. The van der Waals surface area contributed by atoms with Gasteiger partial charge < -0.3 is 16.0 Å². The fraction of sp³-hybridized carbons (Fsp3) is 0.444. The van der Waals surface area contributed by atoms with Gasteiger partial charge in [0.1, 0.15) is 12.2 Å². The number of hydrogen-bond donors (Lipinski definition) is 2. The zero-order valence-electron chi connectivity index (χ0n) is 9.66. The number of likely N-dealkylation sites (tertiary alicyclic amines) is 1. The fourth-order valence-corrected chi connectivity index (χ4v) is 1.75. The van der Waals surface area contributed by atoms with Crippen molar-refractivity contribution in [3.05, 3.63) is 16.3 Å². The molecule has 0 bridgehead atoms. The summed E-state index contributed by atoms with van der Waals surface area (Å²) < 4.78 is 0. The summed E-state index contributed by atoms with van der Waals surface area (Å²) in [7, 11) is 1.67. The normalized spacial score (nSPS) is 19.1. The lowest BCUT2D eigenvalue weighted by Crippen LogP contribution is -2.31. The number of carbonyl (C=O) groups is 1. The average Bonchev–Trinajstić information content (AvgIpc) is 2.61. The molecule has 1 aliphatic heterocycles. The van der Waals surface area contributed by atoms with Crippen molar-refractivity contribution in [1.82, 2.24) is 14.9 Å². The number of likely N-dealkylation sites (N-methyl/N-ethyl adjacent to an activating group) is 1. The lowest BCUT2D eigenvalue weighted by atomic mass is 10.2. The van der Waals surface area contributed by atoms with Crippen LogP contribution in [0.15, 0.2) is 6.20 Å². The minimum Gasteiger partial charge on any atom is -0.368 e. The highest BCUT2D eigenvalue weighted by atomic mass is 16.6. The second kappa shape index (κ2) is 4.43. The minimum absolute atomic E-state index is 0.0267. The third kappa shape index (κ3) is 2.14. The monoisotopic (exact) mass is 252 g/mol. The standard InChI is InChI=1S/C9H12N6O3/c1-14-3-2-5(8(14)16)12-7-6(15(17)18)4-11-9(10)13-7/h4-5H,2-3H2,1H3,(H3,10,11,12,13). The molecule has 18 heavy (non-hydrogen) atoms. The van der Waals surface area contributed by atoms with E-state index in [1.165, 1.54) is 0 Å². The SMILES string of the molecule is CN1CCC(Nc2nc(N)ncc2[N+](=O)[O-])C1=O. The smallest absolute Gasteiger partial charge is 0.329 e. The number of rotatable bonds is 3. The molecule has 0 aliphatic carbocycles. The Bertz CT molecular complexity index is 505. The fourth-order valence-electron chi connectivity index (χ4n) is 1.75. The summed E-state index contributed by atoms with van der Waals surface area (Å²) in [5.41, 5.74) is 5.08. The molecule has 1 aliphatic rings. The first-order valence-corrected chi connectivity index (χ1v) is 5.27. The van der Waals surface area contributed by atoms with E-state index in [0.29, 0.717) is 13.0 Å².